The number of benzene rings is 2. The summed E-state index contributed by atoms with van der Waals surface area (Å²) in [5.74, 6) is -0.762. The molecule has 19 heteroatoms. The van der Waals surface area contributed by atoms with Crippen molar-refractivity contribution in [2.24, 2.45) is 18.9 Å². The van der Waals surface area contributed by atoms with E-state index in [4.69, 9.17) is 26.1 Å². The minimum Gasteiger partial charge on any atom is -0.375 e. The molecule has 2 saturated heterocycles. The zero-order chi connectivity index (χ0) is 44.3. The van der Waals surface area contributed by atoms with Gasteiger partial charge in [-0.2, -0.15) is 32.1 Å². The van der Waals surface area contributed by atoms with E-state index in [1.165, 1.54) is 10.9 Å². The van der Waals surface area contributed by atoms with E-state index in [-0.39, 0.29) is 47.2 Å². The fourth-order valence-corrected chi connectivity index (χ4v) is 10.4. The highest BCUT2D eigenvalue weighted by molar-refractivity contribution is 7.98. The van der Waals surface area contributed by atoms with Crippen molar-refractivity contribution in [3.8, 4) is 23.0 Å². The van der Waals surface area contributed by atoms with Gasteiger partial charge in [0, 0.05) is 59.7 Å². The fourth-order valence-electron chi connectivity index (χ4n) is 9.34. The Bertz CT molecular complexity index is 2850. The van der Waals surface area contributed by atoms with Crippen LogP contribution < -0.4 is 0 Å². The van der Waals surface area contributed by atoms with Crippen molar-refractivity contribution in [3.63, 3.8) is 0 Å². The second-order valence-corrected chi connectivity index (χ2v) is 19.8. The molecule has 4 aliphatic rings. The minimum absolute atomic E-state index is 0.0252. The number of aliphatic hydroxyl groups is 1. The number of hydrogen-bond acceptors (Lipinski definition) is 8. The van der Waals surface area contributed by atoms with Crippen LogP contribution in [0.3, 0.4) is 0 Å². The van der Waals surface area contributed by atoms with Crippen LogP contribution in [0.5, 0.6) is 0 Å². The molecule has 10 nitrogen and oxygen atoms in total. The summed E-state index contributed by atoms with van der Waals surface area (Å²) in [5, 5.41) is 20.3. The Hall–Kier alpha value is -4.80. The molecular weight excluding hydrogens is 867 g/mol. The van der Waals surface area contributed by atoms with Gasteiger partial charge in [0.25, 0.3) is 5.92 Å². The number of carbonyl (C=O) groups is 1. The number of halogens is 8. The lowest BCUT2D eigenvalue weighted by atomic mass is 9.86. The van der Waals surface area contributed by atoms with Gasteiger partial charge in [0.1, 0.15) is 29.6 Å². The van der Waals surface area contributed by atoms with Gasteiger partial charge in [-0.3, -0.25) is 18.4 Å². The predicted molar refractivity (Wildman–Crippen MR) is 214 cm³/mol. The molecule has 1 saturated carbocycles. The normalized spacial score (nSPS) is 24.9. The first-order valence-electron chi connectivity index (χ1n) is 19.6. The molecule has 0 radical (unpaired) electrons. The Morgan fingerprint density at radius 1 is 1.10 bits per heavy atom. The molecule has 0 amide bonds. The van der Waals surface area contributed by atoms with Crippen molar-refractivity contribution >= 4 is 43.7 Å². The zero-order valence-corrected chi connectivity index (χ0v) is 34.6. The van der Waals surface area contributed by atoms with Crippen molar-refractivity contribution in [1.82, 2.24) is 24.5 Å². The molecule has 2 aliphatic heterocycles. The predicted octanol–water partition coefficient (Wildman–Crippen LogP) is 7.30. The van der Waals surface area contributed by atoms with Gasteiger partial charge in [-0.15, -0.1) is 0 Å². The quantitative estimate of drug-likeness (QED) is 0.0882. The van der Waals surface area contributed by atoms with Crippen LogP contribution in [0.25, 0.3) is 22.0 Å². The molecule has 0 spiro atoms. The first-order chi connectivity index (χ1) is 29.1. The van der Waals surface area contributed by atoms with Gasteiger partial charge in [-0.25, -0.2) is 13.8 Å². The molecule has 1 N–H and O–H groups in total. The number of Topliss-reactive ketones (excluding diaryl/α,β-unsaturated/α-hetero) is 1. The molecule has 2 unspecified atom stereocenters. The average molecular weight is 904 g/mol. The number of hydrogen-bond donors (Lipinski definition) is 1. The number of ketones is 1. The minimum atomic E-state index is -5.06. The number of rotatable bonds is 10. The van der Waals surface area contributed by atoms with Crippen LogP contribution in [0.4, 0.5) is 30.7 Å². The highest BCUT2D eigenvalue weighted by Gasteiger charge is 2.68. The monoisotopic (exact) mass is 903 g/mol. The molecule has 7 atom stereocenters. The molecule has 5 heterocycles. The van der Waals surface area contributed by atoms with Gasteiger partial charge in [0.05, 0.1) is 46.8 Å². The maximum atomic E-state index is 15.5. The second kappa shape index (κ2) is 14.9. The van der Waals surface area contributed by atoms with E-state index in [9.17, 15) is 36.1 Å². The van der Waals surface area contributed by atoms with E-state index in [0.717, 1.165) is 12.1 Å². The summed E-state index contributed by atoms with van der Waals surface area (Å²) in [6.07, 6.45) is -4.72. The van der Waals surface area contributed by atoms with E-state index < -0.39 is 105 Å². The third kappa shape index (κ3) is 7.59. The summed E-state index contributed by atoms with van der Waals surface area (Å²) in [4.78, 5) is 19.1. The number of aryl methyl sites for hydroxylation is 1. The zero-order valence-electron chi connectivity index (χ0n) is 33.0. The maximum Gasteiger partial charge on any atom is 0.435 e. The standard InChI is InChI=1S/C43H37ClF7N5O5S/c1-55-37-28(6-7-32(44)35(37)33(53-55)19-62(2,3)59)27-5-4-25(8-10-41(58)20-61-40-30(41)9-11-60-40)52-36(27)22(12-21-13-23(45)16-24(46)14-21)15-26(57)18-56-39-34(38(54-56)43(49,50)51)29-17-31(29)42(39,47)48/h4-7,13-14,16,22,29-31,40,58H,2,9,11-12,15,17-20H2,1,3H3/t22-,29+,30-,31-,40-,41?,62?/m1/s1. The first-order valence-corrected chi connectivity index (χ1v) is 22.3. The van der Waals surface area contributed by atoms with E-state index in [1.807, 2.05) is 0 Å². The van der Waals surface area contributed by atoms with Crippen molar-refractivity contribution < 1.29 is 54.3 Å². The summed E-state index contributed by atoms with van der Waals surface area (Å²) in [7, 11) is -0.978. The van der Waals surface area contributed by atoms with Crippen LogP contribution in [-0.2, 0) is 61.7 Å². The molecule has 3 aromatic heterocycles. The third-order valence-corrected chi connectivity index (χ3v) is 13.2. The largest absolute Gasteiger partial charge is 0.435 e. The fraction of sp³-hybridized carbons (Fsp3) is 0.419. The van der Waals surface area contributed by atoms with E-state index >= 15 is 8.78 Å². The van der Waals surface area contributed by atoms with Crippen molar-refractivity contribution in [2.75, 3.05) is 19.5 Å². The van der Waals surface area contributed by atoms with Gasteiger partial charge >= 0.3 is 6.18 Å². The number of fused-ring (bicyclic) bond motifs is 5. The van der Waals surface area contributed by atoms with Gasteiger partial charge in [0.15, 0.2) is 23.4 Å². The summed E-state index contributed by atoms with van der Waals surface area (Å²) in [5.41, 5.74) is -2.66. The SMILES string of the molecule is C=S(C)(=O)Cc1nn(C)c2c(-c3ccc(C#CC4(O)CO[C@H]5OCC[C@H]54)nc3[C@@H](CC(=O)Cn3nc(C(F)(F)F)c4c3C(F)(F)[C@@H]3C[C@H]43)Cc3cc(F)cc(F)c3)ccc(Cl)c12. The Morgan fingerprint density at radius 3 is 2.53 bits per heavy atom. The van der Waals surface area contributed by atoms with Crippen LogP contribution in [0.1, 0.15) is 70.7 Å². The number of aromatic nitrogens is 5. The van der Waals surface area contributed by atoms with Crippen LogP contribution in [-0.4, -0.2) is 76.9 Å². The van der Waals surface area contributed by atoms with Crippen LogP contribution in [0, 0.1) is 35.3 Å². The Kier molecular flexibility index (Phi) is 10.2. The molecule has 2 aromatic carbocycles. The van der Waals surface area contributed by atoms with Crippen molar-refractivity contribution in [1.29, 1.82) is 0 Å². The molecule has 326 valence electrons. The van der Waals surface area contributed by atoms with Gasteiger partial charge < -0.3 is 14.6 Å². The first kappa shape index (κ1) is 42.5. The second-order valence-electron chi connectivity index (χ2n) is 16.7. The smallest absolute Gasteiger partial charge is 0.375 e. The van der Waals surface area contributed by atoms with Crippen molar-refractivity contribution in [3.05, 3.63) is 98.7 Å². The lowest BCUT2D eigenvalue weighted by molar-refractivity contribution is -0.142. The van der Waals surface area contributed by atoms with Crippen LogP contribution >= 0.6 is 11.6 Å². The Morgan fingerprint density at radius 2 is 1.82 bits per heavy atom. The Balaban J connectivity index is 1.19. The van der Waals surface area contributed by atoms with Gasteiger partial charge in [0.2, 0.25) is 0 Å². The highest BCUT2D eigenvalue weighted by Crippen LogP contribution is 2.68. The number of ether oxygens (including phenoxy) is 2. The van der Waals surface area contributed by atoms with E-state index in [2.05, 4.69) is 27.9 Å². The molecule has 3 fully saturated rings. The molecular formula is C43H37ClF7N5O5S. The molecule has 2 aliphatic carbocycles. The Labute approximate surface area is 355 Å². The lowest BCUT2D eigenvalue weighted by Crippen LogP contribution is -2.35. The molecule has 9 rings (SSSR count). The van der Waals surface area contributed by atoms with E-state index in [0.29, 0.717) is 51.5 Å². The molecule has 5 aromatic rings. The van der Waals surface area contributed by atoms with E-state index in [1.54, 1.807) is 31.3 Å². The highest BCUT2D eigenvalue weighted by atomic mass is 35.5. The van der Waals surface area contributed by atoms with Gasteiger partial charge in [-0.1, -0.05) is 23.6 Å². The van der Waals surface area contributed by atoms with Crippen molar-refractivity contribution in [2.45, 2.75) is 73.8 Å². The summed E-state index contributed by atoms with van der Waals surface area (Å²) < 4.78 is 129. The summed E-state index contributed by atoms with van der Waals surface area (Å²) >= 11 is 6.74. The number of pyridine rings is 1. The summed E-state index contributed by atoms with van der Waals surface area (Å²) in [6, 6.07) is 9.20. The number of carbonyl (C=O) groups excluding carboxylic acids is 1. The number of alkyl halides is 5. The van der Waals surface area contributed by atoms with Crippen LogP contribution in [0.15, 0.2) is 42.5 Å². The third-order valence-electron chi connectivity index (χ3n) is 12.0. The maximum absolute atomic E-state index is 15.5. The average Bonchev–Trinajstić information content (AvgIpc) is 3.44. The van der Waals surface area contributed by atoms with Gasteiger partial charge in [-0.05, 0) is 82.4 Å². The lowest BCUT2D eigenvalue weighted by Gasteiger charge is -2.22. The van der Waals surface area contributed by atoms with Crippen LogP contribution in [0.2, 0.25) is 5.02 Å². The topological polar surface area (TPSA) is 121 Å². The summed E-state index contributed by atoms with van der Waals surface area (Å²) in [6.45, 7) is -0.745. The number of nitrogens with zero attached hydrogens (tertiary/aromatic N) is 5. The molecule has 62 heavy (non-hydrogen) atoms. The molecule has 0 bridgehead atoms.